The highest BCUT2D eigenvalue weighted by molar-refractivity contribution is 5.77. The molecule has 0 radical (unpaired) electrons. The smallest absolute Gasteiger partial charge is 0.223 e. The first-order valence-corrected chi connectivity index (χ1v) is 7.94. The van der Waals surface area contributed by atoms with Gasteiger partial charge in [-0.05, 0) is 49.9 Å². The average Bonchev–Trinajstić information content (AvgIpc) is 2.89. The number of carbonyl (C=O) groups is 1. The van der Waals surface area contributed by atoms with Crippen LogP contribution in [0.1, 0.15) is 34.6 Å². The fourth-order valence-electron chi connectivity index (χ4n) is 3.12. The molecule has 1 aliphatic rings. The van der Waals surface area contributed by atoms with Crippen LogP contribution in [0.5, 0.6) is 5.75 Å². The minimum Gasteiger partial charge on any atom is -0.497 e. The predicted molar refractivity (Wildman–Crippen MR) is 86.4 cm³/mol. The first-order valence-electron chi connectivity index (χ1n) is 7.94. The monoisotopic (exact) mass is 314 g/mol. The lowest BCUT2D eigenvalue weighted by molar-refractivity contribution is -0.132. The molecular weight excluding hydrogens is 292 g/mol. The molecule has 0 fully saturated rings. The van der Waals surface area contributed by atoms with Crippen molar-refractivity contribution in [1.82, 2.24) is 10.1 Å². The van der Waals surface area contributed by atoms with Gasteiger partial charge in [-0.2, -0.15) is 0 Å². The molecule has 0 N–H and O–H groups in total. The lowest BCUT2D eigenvalue weighted by Crippen LogP contribution is -2.36. The zero-order valence-corrected chi connectivity index (χ0v) is 13.9. The Balaban J connectivity index is 1.65. The van der Waals surface area contributed by atoms with E-state index >= 15 is 0 Å². The van der Waals surface area contributed by atoms with Crippen LogP contribution >= 0.6 is 0 Å². The van der Waals surface area contributed by atoms with Crippen LogP contribution in [0.2, 0.25) is 0 Å². The number of benzene rings is 1. The Morgan fingerprint density at radius 3 is 2.87 bits per heavy atom. The summed E-state index contributed by atoms with van der Waals surface area (Å²) in [5.41, 5.74) is 4.42. The van der Waals surface area contributed by atoms with Gasteiger partial charge < -0.3 is 14.2 Å². The molecule has 2 aromatic rings. The van der Waals surface area contributed by atoms with E-state index in [1.807, 2.05) is 30.9 Å². The van der Waals surface area contributed by atoms with Crippen molar-refractivity contribution in [3.8, 4) is 5.75 Å². The molecule has 0 saturated carbocycles. The summed E-state index contributed by atoms with van der Waals surface area (Å²) in [4.78, 5) is 14.5. The number of aromatic nitrogens is 1. The fourth-order valence-corrected chi connectivity index (χ4v) is 3.12. The second kappa shape index (κ2) is 6.44. The number of nitrogens with zero attached hydrogens (tertiary/aromatic N) is 2. The van der Waals surface area contributed by atoms with Gasteiger partial charge in [-0.15, -0.1) is 0 Å². The lowest BCUT2D eigenvalue weighted by Gasteiger charge is -2.29. The van der Waals surface area contributed by atoms with Gasteiger partial charge in [0.05, 0.1) is 12.8 Å². The number of fused-ring (bicyclic) bond motifs is 1. The van der Waals surface area contributed by atoms with Crippen molar-refractivity contribution in [1.29, 1.82) is 0 Å². The second-order valence-corrected chi connectivity index (χ2v) is 6.00. The first-order chi connectivity index (χ1) is 11.1. The highest BCUT2D eigenvalue weighted by atomic mass is 16.5. The molecule has 2 heterocycles. The quantitative estimate of drug-likeness (QED) is 0.871. The molecule has 0 atom stereocenters. The van der Waals surface area contributed by atoms with E-state index in [9.17, 15) is 4.79 Å². The Morgan fingerprint density at radius 1 is 1.35 bits per heavy atom. The van der Waals surface area contributed by atoms with Crippen LogP contribution < -0.4 is 4.74 Å². The minimum atomic E-state index is 0.179. The van der Waals surface area contributed by atoms with Gasteiger partial charge >= 0.3 is 0 Å². The number of carbonyl (C=O) groups excluding carboxylic acids is 1. The molecule has 1 aromatic heterocycles. The summed E-state index contributed by atoms with van der Waals surface area (Å²) in [6.07, 6.45) is 2.07. The number of methoxy groups -OCH3 is 1. The standard InChI is InChI=1S/C18H22N2O3/c1-12-17(13(2)23-19-12)6-7-18(21)20-9-8-14-4-5-16(22-3)10-15(14)11-20/h4-5,10H,6-9,11H2,1-3H3. The molecule has 3 rings (SSSR count). The van der Waals surface area contributed by atoms with Gasteiger partial charge in [0.15, 0.2) is 0 Å². The normalized spacial score (nSPS) is 13.8. The molecule has 5 heteroatoms. The van der Waals surface area contributed by atoms with E-state index in [1.54, 1.807) is 7.11 Å². The van der Waals surface area contributed by atoms with E-state index in [2.05, 4.69) is 11.2 Å². The van der Waals surface area contributed by atoms with Crippen molar-refractivity contribution in [3.63, 3.8) is 0 Å². The lowest BCUT2D eigenvalue weighted by atomic mass is 9.98. The Morgan fingerprint density at radius 2 is 2.17 bits per heavy atom. The van der Waals surface area contributed by atoms with Gasteiger partial charge in [0.2, 0.25) is 5.91 Å². The van der Waals surface area contributed by atoms with Gasteiger partial charge in [0.1, 0.15) is 11.5 Å². The van der Waals surface area contributed by atoms with E-state index in [1.165, 1.54) is 11.1 Å². The maximum absolute atomic E-state index is 12.5. The van der Waals surface area contributed by atoms with Crippen LogP contribution in [0.15, 0.2) is 22.7 Å². The van der Waals surface area contributed by atoms with Crippen molar-refractivity contribution in [2.45, 2.75) is 39.7 Å². The number of rotatable bonds is 4. The summed E-state index contributed by atoms with van der Waals surface area (Å²) in [6, 6.07) is 6.11. The van der Waals surface area contributed by atoms with Crippen molar-refractivity contribution in [2.75, 3.05) is 13.7 Å². The molecule has 0 saturated heterocycles. The first kappa shape index (κ1) is 15.6. The van der Waals surface area contributed by atoms with E-state index < -0.39 is 0 Å². The van der Waals surface area contributed by atoms with E-state index in [-0.39, 0.29) is 5.91 Å². The van der Waals surface area contributed by atoms with Gasteiger partial charge in [-0.25, -0.2) is 0 Å². The summed E-state index contributed by atoms with van der Waals surface area (Å²) in [5, 5.41) is 3.94. The number of hydrogen-bond acceptors (Lipinski definition) is 4. The highest BCUT2D eigenvalue weighted by Gasteiger charge is 2.21. The van der Waals surface area contributed by atoms with Crippen molar-refractivity contribution in [3.05, 3.63) is 46.3 Å². The van der Waals surface area contributed by atoms with Crippen LogP contribution in [-0.4, -0.2) is 29.6 Å². The minimum absolute atomic E-state index is 0.179. The van der Waals surface area contributed by atoms with Crippen molar-refractivity contribution >= 4 is 5.91 Å². The van der Waals surface area contributed by atoms with Gasteiger partial charge in [-0.1, -0.05) is 11.2 Å². The maximum atomic E-state index is 12.5. The third-order valence-corrected chi connectivity index (χ3v) is 4.55. The SMILES string of the molecule is COc1ccc2c(c1)CN(C(=O)CCc1c(C)noc1C)CC2. The molecule has 1 amide bonds. The molecule has 122 valence electrons. The van der Waals surface area contributed by atoms with E-state index in [4.69, 9.17) is 9.26 Å². The summed E-state index contributed by atoms with van der Waals surface area (Å²) in [7, 11) is 1.66. The Kier molecular flexibility index (Phi) is 4.37. The van der Waals surface area contributed by atoms with Crippen LogP contribution in [0, 0.1) is 13.8 Å². The maximum Gasteiger partial charge on any atom is 0.223 e. The Hall–Kier alpha value is -2.30. The Labute approximate surface area is 136 Å². The topological polar surface area (TPSA) is 55.6 Å². The Bertz CT molecular complexity index is 702. The molecular formula is C18H22N2O3. The van der Waals surface area contributed by atoms with Crippen LogP contribution in [0.25, 0.3) is 0 Å². The largest absolute Gasteiger partial charge is 0.497 e. The molecule has 0 bridgehead atoms. The van der Waals surface area contributed by atoms with E-state index in [0.29, 0.717) is 19.4 Å². The highest BCUT2D eigenvalue weighted by Crippen LogP contribution is 2.24. The zero-order chi connectivity index (χ0) is 16.4. The average molecular weight is 314 g/mol. The van der Waals surface area contributed by atoms with Gasteiger partial charge in [0.25, 0.3) is 0 Å². The van der Waals surface area contributed by atoms with Crippen LogP contribution in [0.4, 0.5) is 0 Å². The number of aryl methyl sites for hydroxylation is 2. The molecule has 0 unspecified atom stereocenters. The molecule has 23 heavy (non-hydrogen) atoms. The predicted octanol–water partition coefficient (Wildman–Crippen LogP) is 2.82. The summed E-state index contributed by atoms with van der Waals surface area (Å²) in [5.74, 6) is 1.83. The summed E-state index contributed by atoms with van der Waals surface area (Å²) in [6.45, 7) is 5.25. The van der Waals surface area contributed by atoms with Gasteiger partial charge in [-0.3, -0.25) is 4.79 Å². The van der Waals surface area contributed by atoms with Crippen molar-refractivity contribution < 1.29 is 14.1 Å². The molecule has 1 aliphatic heterocycles. The molecule has 0 aliphatic carbocycles. The van der Waals surface area contributed by atoms with E-state index in [0.717, 1.165) is 35.7 Å². The van der Waals surface area contributed by atoms with Crippen LogP contribution in [0.3, 0.4) is 0 Å². The summed E-state index contributed by atoms with van der Waals surface area (Å²) >= 11 is 0. The van der Waals surface area contributed by atoms with Crippen molar-refractivity contribution in [2.24, 2.45) is 0 Å². The zero-order valence-electron chi connectivity index (χ0n) is 13.9. The number of hydrogen-bond donors (Lipinski definition) is 0. The van der Waals surface area contributed by atoms with Gasteiger partial charge in [0, 0.05) is 25.1 Å². The number of ether oxygens (including phenoxy) is 1. The molecule has 0 spiro atoms. The molecule has 5 nitrogen and oxygen atoms in total. The van der Waals surface area contributed by atoms with Crippen LogP contribution in [-0.2, 0) is 24.2 Å². The molecule has 1 aromatic carbocycles. The summed E-state index contributed by atoms with van der Waals surface area (Å²) < 4.78 is 10.4. The fraction of sp³-hybridized carbons (Fsp3) is 0.444. The number of amides is 1. The second-order valence-electron chi connectivity index (χ2n) is 6.00. The third kappa shape index (κ3) is 3.23. The third-order valence-electron chi connectivity index (χ3n) is 4.55.